The van der Waals surface area contributed by atoms with E-state index in [9.17, 15) is 5.11 Å². The predicted molar refractivity (Wildman–Crippen MR) is 82.1 cm³/mol. The van der Waals surface area contributed by atoms with Gasteiger partial charge >= 0.3 is 0 Å². The van der Waals surface area contributed by atoms with Crippen LogP contribution in [-0.4, -0.2) is 43.7 Å². The average molecular weight is 305 g/mol. The van der Waals surface area contributed by atoms with Gasteiger partial charge in [0.25, 0.3) is 0 Å². The zero-order valence-corrected chi connectivity index (χ0v) is 13.0. The van der Waals surface area contributed by atoms with Crippen molar-refractivity contribution < 1.29 is 5.11 Å². The van der Waals surface area contributed by atoms with Crippen LogP contribution in [0.2, 0.25) is 10.0 Å². The van der Waals surface area contributed by atoms with Gasteiger partial charge in [-0.25, -0.2) is 0 Å². The van der Waals surface area contributed by atoms with E-state index in [1.54, 1.807) is 18.2 Å². The van der Waals surface area contributed by atoms with Crippen LogP contribution in [0.5, 0.6) is 0 Å². The smallest absolute Gasteiger partial charge is 0.0929 e. The highest BCUT2D eigenvalue weighted by Gasteiger charge is 2.11. The third-order valence-electron chi connectivity index (χ3n) is 2.86. The summed E-state index contributed by atoms with van der Waals surface area (Å²) in [7, 11) is 4.14. The highest BCUT2D eigenvalue weighted by Crippen LogP contribution is 2.25. The number of nitrogens with one attached hydrogen (secondary N) is 1. The number of rotatable bonds is 8. The van der Waals surface area contributed by atoms with Crippen LogP contribution in [0.3, 0.4) is 0 Å². The van der Waals surface area contributed by atoms with Crippen molar-refractivity contribution in [2.24, 2.45) is 0 Å². The van der Waals surface area contributed by atoms with Crippen molar-refractivity contribution in [1.82, 2.24) is 10.2 Å². The van der Waals surface area contributed by atoms with E-state index < -0.39 is 6.10 Å². The minimum Gasteiger partial charge on any atom is -0.387 e. The van der Waals surface area contributed by atoms with Crippen molar-refractivity contribution in [2.75, 3.05) is 33.7 Å². The fourth-order valence-corrected chi connectivity index (χ4v) is 2.22. The number of nitrogens with zero attached hydrogens (tertiary/aromatic N) is 1. The number of benzene rings is 1. The van der Waals surface area contributed by atoms with E-state index >= 15 is 0 Å². The third-order valence-corrected chi connectivity index (χ3v) is 3.44. The van der Waals surface area contributed by atoms with Crippen molar-refractivity contribution in [3.05, 3.63) is 33.8 Å². The maximum Gasteiger partial charge on any atom is 0.0929 e. The molecule has 3 nitrogen and oxygen atoms in total. The Labute approximate surface area is 125 Å². The predicted octanol–water partition coefficient (Wildman–Crippen LogP) is 2.96. The fraction of sp³-hybridized carbons (Fsp3) is 0.571. The summed E-state index contributed by atoms with van der Waals surface area (Å²) in [6.07, 6.45) is 1.61. The molecule has 0 heterocycles. The molecular weight excluding hydrogens is 283 g/mol. The monoisotopic (exact) mass is 304 g/mol. The summed E-state index contributed by atoms with van der Waals surface area (Å²) >= 11 is 11.9. The van der Waals surface area contributed by atoms with Crippen molar-refractivity contribution in [3.63, 3.8) is 0 Å². The number of hydrogen-bond acceptors (Lipinski definition) is 3. The molecule has 1 aromatic rings. The second-order valence-electron chi connectivity index (χ2n) is 4.90. The molecule has 0 amide bonds. The van der Waals surface area contributed by atoms with Gasteiger partial charge in [-0.1, -0.05) is 23.2 Å². The van der Waals surface area contributed by atoms with Crippen LogP contribution in [0.1, 0.15) is 24.5 Å². The Kier molecular flexibility index (Phi) is 7.73. The lowest BCUT2D eigenvalue weighted by atomic mass is 10.1. The van der Waals surface area contributed by atoms with E-state index in [1.165, 1.54) is 0 Å². The lowest BCUT2D eigenvalue weighted by Crippen LogP contribution is -2.23. The molecule has 0 aliphatic rings. The normalized spacial score (nSPS) is 12.9. The summed E-state index contributed by atoms with van der Waals surface area (Å²) in [5.41, 5.74) is 0.676. The van der Waals surface area contributed by atoms with Gasteiger partial charge in [-0.3, -0.25) is 0 Å². The van der Waals surface area contributed by atoms with E-state index in [0.29, 0.717) is 22.2 Å². The Bertz CT molecular complexity index is 386. The molecule has 1 atom stereocenters. The second-order valence-corrected chi connectivity index (χ2v) is 5.74. The number of aliphatic hydroxyl groups is 1. The van der Waals surface area contributed by atoms with Crippen molar-refractivity contribution >= 4 is 23.2 Å². The standard InChI is InChI=1S/C14H22Cl2N2O/c1-18(2)8-4-3-7-17-10-14(19)12-9-11(15)5-6-13(12)16/h5-6,9,14,17,19H,3-4,7-8,10H2,1-2H3. The van der Waals surface area contributed by atoms with Gasteiger partial charge in [-0.2, -0.15) is 0 Å². The number of hydrogen-bond donors (Lipinski definition) is 2. The summed E-state index contributed by atoms with van der Waals surface area (Å²) in [5.74, 6) is 0. The lowest BCUT2D eigenvalue weighted by molar-refractivity contribution is 0.174. The SMILES string of the molecule is CN(C)CCCCNCC(O)c1cc(Cl)ccc1Cl. The van der Waals surface area contributed by atoms with Gasteiger partial charge in [0.2, 0.25) is 0 Å². The maximum absolute atomic E-state index is 10.1. The molecule has 0 bridgehead atoms. The molecule has 19 heavy (non-hydrogen) atoms. The van der Waals surface area contributed by atoms with Gasteiger partial charge in [0.1, 0.15) is 0 Å². The Balaban J connectivity index is 2.27. The molecule has 0 spiro atoms. The average Bonchev–Trinajstić information content (AvgIpc) is 2.36. The van der Waals surface area contributed by atoms with Gasteiger partial charge in [0.15, 0.2) is 0 Å². The van der Waals surface area contributed by atoms with Gasteiger partial charge in [-0.15, -0.1) is 0 Å². The fourth-order valence-electron chi connectivity index (χ4n) is 1.80. The van der Waals surface area contributed by atoms with Crippen molar-refractivity contribution in [3.8, 4) is 0 Å². The number of unbranched alkanes of at least 4 members (excludes halogenated alkanes) is 1. The molecule has 1 aromatic carbocycles. The molecule has 2 N–H and O–H groups in total. The highest BCUT2D eigenvalue weighted by molar-refractivity contribution is 6.33. The topological polar surface area (TPSA) is 35.5 Å². The molecule has 0 aliphatic carbocycles. The molecule has 0 saturated heterocycles. The van der Waals surface area contributed by atoms with Crippen LogP contribution >= 0.6 is 23.2 Å². The molecule has 0 radical (unpaired) electrons. The van der Waals surface area contributed by atoms with Crippen LogP contribution in [-0.2, 0) is 0 Å². The first-order valence-corrected chi connectivity index (χ1v) is 7.24. The van der Waals surface area contributed by atoms with E-state index in [-0.39, 0.29) is 0 Å². The molecule has 0 fully saturated rings. The van der Waals surface area contributed by atoms with Gasteiger partial charge in [0, 0.05) is 22.2 Å². The van der Waals surface area contributed by atoms with Gasteiger partial charge in [-0.05, 0) is 58.2 Å². The van der Waals surface area contributed by atoms with Gasteiger partial charge in [0.05, 0.1) is 6.10 Å². The quantitative estimate of drug-likeness (QED) is 0.725. The maximum atomic E-state index is 10.1. The van der Waals surface area contributed by atoms with Crippen LogP contribution in [0.4, 0.5) is 0 Å². The minimum absolute atomic E-state index is 0.488. The Morgan fingerprint density at radius 1 is 1.26 bits per heavy atom. The molecule has 0 saturated carbocycles. The molecule has 0 aromatic heterocycles. The number of aliphatic hydroxyl groups excluding tert-OH is 1. The first-order valence-electron chi connectivity index (χ1n) is 6.49. The van der Waals surface area contributed by atoms with E-state index in [1.807, 2.05) is 0 Å². The van der Waals surface area contributed by atoms with Crippen LogP contribution < -0.4 is 5.32 Å². The molecule has 0 aliphatic heterocycles. The summed E-state index contributed by atoms with van der Waals surface area (Å²) in [6, 6.07) is 5.14. The van der Waals surface area contributed by atoms with E-state index in [2.05, 4.69) is 24.3 Å². The molecule has 5 heteroatoms. The Hall–Kier alpha value is -0.320. The van der Waals surface area contributed by atoms with Crippen molar-refractivity contribution in [1.29, 1.82) is 0 Å². The lowest BCUT2D eigenvalue weighted by Gasteiger charge is -2.14. The Morgan fingerprint density at radius 2 is 2.00 bits per heavy atom. The van der Waals surface area contributed by atoms with E-state index in [4.69, 9.17) is 23.2 Å². The van der Waals surface area contributed by atoms with Crippen LogP contribution in [0.25, 0.3) is 0 Å². The van der Waals surface area contributed by atoms with Crippen LogP contribution in [0, 0.1) is 0 Å². The summed E-state index contributed by atoms with van der Waals surface area (Å²) in [6.45, 7) is 2.47. The van der Waals surface area contributed by atoms with Crippen LogP contribution in [0.15, 0.2) is 18.2 Å². The summed E-state index contributed by atoms with van der Waals surface area (Å²) < 4.78 is 0. The van der Waals surface area contributed by atoms with Crippen molar-refractivity contribution in [2.45, 2.75) is 18.9 Å². The summed E-state index contributed by atoms with van der Waals surface area (Å²) in [5, 5.41) is 14.4. The first kappa shape index (κ1) is 16.7. The zero-order valence-electron chi connectivity index (χ0n) is 11.5. The third kappa shape index (κ3) is 6.59. The molecule has 1 rings (SSSR count). The highest BCUT2D eigenvalue weighted by atomic mass is 35.5. The largest absolute Gasteiger partial charge is 0.387 e. The molecule has 1 unspecified atom stereocenters. The second kappa shape index (κ2) is 8.77. The van der Waals surface area contributed by atoms with E-state index in [0.717, 1.165) is 25.9 Å². The zero-order chi connectivity index (χ0) is 14.3. The minimum atomic E-state index is -0.625. The molecular formula is C14H22Cl2N2O. The molecule has 108 valence electrons. The number of halogens is 2. The van der Waals surface area contributed by atoms with Gasteiger partial charge < -0.3 is 15.3 Å². The Morgan fingerprint density at radius 3 is 2.68 bits per heavy atom. The first-order chi connectivity index (χ1) is 9.00. The summed E-state index contributed by atoms with van der Waals surface area (Å²) in [4.78, 5) is 2.17.